The fraction of sp³-hybridized carbons (Fsp3) is 0.647. The molecular formula is C17H27FN2O2S. The molecule has 1 saturated heterocycles. The van der Waals surface area contributed by atoms with Gasteiger partial charge in [-0.05, 0) is 57.9 Å². The molecule has 0 radical (unpaired) electrons. The molecule has 0 aliphatic carbocycles. The molecule has 2 rings (SSSR count). The molecule has 1 aromatic carbocycles. The summed E-state index contributed by atoms with van der Waals surface area (Å²) in [5, 5.41) is 3.41. The molecule has 1 aliphatic heterocycles. The number of halogens is 1. The minimum Gasteiger partial charge on any atom is -0.382 e. The quantitative estimate of drug-likeness (QED) is 0.894. The molecule has 1 aliphatic rings. The van der Waals surface area contributed by atoms with Gasteiger partial charge in [-0.2, -0.15) is 0 Å². The number of nitrogens with zero attached hydrogens (tertiary/aromatic N) is 1. The summed E-state index contributed by atoms with van der Waals surface area (Å²) in [6, 6.07) is 6.76. The molecule has 0 aromatic heterocycles. The maximum absolute atomic E-state index is 12.9. The van der Waals surface area contributed by atoms with E-state index in [4.69, 9.17) is 0 Å². The van der Waals surface area contributed by atoms with Crippen LogP contribution in [0, 0.1) is 5.82 Å². The fourth-order valence-corrected chi connectivity index (χ4v) is 3.75. The van der Waals surface area contributed by atoms with Crippen molar-refractivity contribution >= 4 is 15.5 Å². The van der Waals surface area contributed by atoms with E-state index in [1.54, 1.807) is 32.9 Å². The number of sulfone groups is 1. The molecule has 4 nitrogen and oxygen atoms in total. The molecule has 0 atom stereocenters. The number of benzene rings is 1. The van der Waals surface area contributed by atoms with Crippen molar-refractivity contribution in [2.75, 3.05) is 30.7 Å². The van der Waals surface area contributed by atoms with Crippen molar-refractivity contribution in [3.8, 4) is 0 Å². The Labute approximate surface area is 139 Å². The van der Waals surface area contributed by atoms with Crippen LogP contribution < -0.4 is 5.32 Å². The number of anilines is 1. The zero-order chi connectivity index (χ0) is 17.1. The molecule has 1 aromatic rings. The maximum atomic E-state index is 12.9. The van der Waals surface area contributed by atoms with Crippen LogP contribution in [0.25, 0.3) is 0 Å². The van der Waals surface area contributed by atoms with Crippen LogP contribution in [0.2, 0.25) is 0 Å². The second-order valence-corrected chi connectivity index (χ2v) is 10.1. The van der Waals surface area contributed by atoms with E-state index < -0.39 is 14.6 Å². The summed E-state index contributed by atoms with van der Waals surface area (Å²) in [5.41, 5.74) is 0.931. The van der Waals surface area contributed by atoms with E-state index in [0.29, 0.717) is 12.6 Å². The van der Waals surface area contributed by atoms with E-state index in [9.17, 15) is 12.8 Å². The van der Waals surface area contributed by atoms with Crippen molar-refractivity contribution in [3.05, 3.63) is 30.1 Å². The minimum atomic E-state index is -3.06. The Morgan fingerprint density at radius 1 is 1.17 bits per heavy atom. The number of piperidine rings is 1. The summed E-state index contributed by atoms with van der Waals surface area (Å²) in [4.78, 5) is 2.21. The lowest BCUT2D eigenvalue weighted by Crippen LogP contribution is -2.42. The first-order valence-electron chi connectivity index (χ1n) is 8.14. The summed E-state index contributed by atoms with van der Waals surface area (Å²) < 4.78 is 36.5. The number of likely N-dealkylation sites (tertiary alicyclic amines) is 1. The summed E-state index contributed by atoms with van der Waals surface area (Å²) >= 11 is 0. The van der Waals surface area contributed by atoms with Gasteiger partial charge in [0.25, 0.3) is 0 Å². The van der Waals surface area contributed by atoms with Gasteiger partial charge in [0.2, 0.25) is 0 Å². The SMILES string of the molecule is CC(C)(C)S(=O)(=O)CCN1CCC(Nc2ccc(F)cc2)CC1. The third-order valence-corrected chi connectivity index (χ3v) is 7.00. The van der Waals surface area contributed by atoms with E-state index in [1.807, 2.05) is 0 Å². The van der Waals surface area contributed by atoms with Gasteiger partial charge in [-0.1, -0.05) is 0 Å². The van der Waals surface area contributed by atoms with Gasteiger partial charge in [-0.3, -0.25) is 0 Å². The molecule has 130 valence electrons. The number of hydrogen-bond donors (Lipinski definition) is 1. The molecule has 0 amide bonds. The Morgan fingerprint density at radius 3 is 2.26 bits per heavy atom. The van der Waals surface area contributed by atoms with Gasteiger partial charge in [0.15, 0.2) is 9.84 Å². The van der Waals surface area contributed by atoms with Crippen molar-refractivity contribution in [1.82, 2.24) is 4.90 Å². The van der Waals surface area contributed by atoms with Crippen LogP contribution in [0.4, 0.5) is 10.1 Å². The van der Waals surface area contributed by atoms with Crippen molar-refractivity contribution in [1.29, 1.82) is 0 Å². The standard InChI is InChI=1S/C17H27FN2O2S/c1-17(2,3)23(21,22)13-12-20-10-8-16(9-11-20)19-15-6-4-14(18)5-7-15/h4-7,16,19H,8-13H2,1-3H3. The highest BCUT2D eigenvalue weighted by atomic mass is 32.2. The summed E-state index contributed by atoms with van der Waals surface area (Å²) in [5.74, 6) is -0.0162. The van der Waals surface area contributed by atoms with E-state index in [1.165, 1.54) is 12.1 Å². The summed E-state index contributed by atoms with van der Waals surface area (Å²) in [7, 11) is -3.06. The normalized spacial score (nSPS) is 18.1. The summed E-state index contributed by atoms with van der Waals surface area (Å²) in [6.07, 6.45) is 1.93. The lowest BCUT2D eigenvalue weighted by atomic mass is 10.0. The van der Waals surface area contributed by atoms with Gasteiger partial charge in [0, 0.05) is 31.4 Å². The van der Waals surface area contributed by atoms with E-state index in [-0.39, 0.29) is 11.6 Å². The predicted molar refractivity (Wildman–Crippen MR) is 93.0 cm³/mol. The highest BCUT2D eigenvalue weighted by molar-refractivity contribution is 7.92. The first-order valence-corrected chi connectivity index (χ1v) is 9.79. The third-order valence-electron chi connectivity index (χ3n) is 4.41. The smallest absolute Gasteiger partial charge is 0.156 e. The maximum Gasteiger partial charge on any atom is 0.156 e. The lowest BCUT2D eigenvalue weighted by molar-refractivity contribution is 0.230. The van der Waals surface area contributed by atoms with Crippen molar-refractivity contribution < 1.29 is 12.8 Å². The van der Waals surface area contributed by atoms with E-state index in [2.05, 4.69) is 10.2 Å². The van der Waals surface area contributed by atoms with Crippen LogP contribution in [-0.2, 0) is 9.84 Å². The molecule has 6 heteroatoms. The van der Waals surface area contributed by atoms with Gasteiger partial charge >= 0.3 is 0 Å². The Balaban J connectivity index is 1.77. The van der Waals surface area contributed by atoms with Gasteiger partial charge in [-0.25, -0.2) is 12.8 Å². The molecule has 1 heterocycles. The first-order chi connectivity index (χ1) is 10.7. The monoisotopic (exact) mass is 342 g/mol. The topological polar surface area (TPSA) is 49.4 Å². The van der Waals surface area contributed by atoms with Crippen LogP contribution in [0.1, 0.15) is 33.6 Å². The average Bonchev–Trinajstić information content (AvgIpc) is 2.48. The second kappa shape index (κ2) is 7.18. The highest BCUT2D eigenvalue weighted by Crippen LogP contribution is 2.19. The molecule has 0 bridgehead atoms. The van der Waals surface area contributed by atoms with Crippen molar-refractivity contribution in [3.63, 3.8) is 0 Å². The van der Waals surface area contributed by atoms with E-state index in [0.717, 1.165) is 31.6 Å². The Morgan fingerprint density at radius 2 is 1.74 bits per heavy atom. The van der Waals surface area contributed by atoms with Gasteiger partial charge < -0.3 is 10.2 Å². The number of nitrogens with one attached hydrogen (secondary N) is 1. The number of hydrogen-bond acceptors (Lipinski definition) is 4. The molecule has 0 spiro atoms. The molecule has 0 unspecified atom stereocenters. The number of rotatable bonds is 5. The molecule has 0 saturated carbocycles. The third kappa shape index (κ3) is 5.18. The Hall–Kier alpha value is -1.14. The summed E-state index contributed by atoms with van der Waals surface area (Å²) in [6.45, 7) is 7.63. The first kappa shape index (κ1) is 18.2. The highest BCUT2D eigenvalue weighted by Gasteiger charge is 2.29. The second-order valence-electron chi connectivity index (χ2n) is 7.20. The van der Waals surface area contributed by atoms with Gasteiger partial charge in [-0.15, -0.1) is 0 Å². The van der Waals surface area contributed by atoms with Crippen molar-refractivity contribution in [2.45, 2.75) is 44.4 Å². The molecule has 23 heavy (non-hydrogen) atoms. The fourth-order valence-electron chi connectivity index (χ4n) is 2.64. The van der Waals surface area contributed by atoms with Crippen LogP contribution >= 0.6 is 0 Å². The van der Waals surface area contributed by atoms with Gasteiger partial charge in [0.05, 0.1) is 10.5 Å². The lowest BCUT2D eigenvalue weighted by Gasteiger charge is -2.33. The molecule has 1 fully saturated rings. The van der Waals surface area contributed by atoms with E-state index >= 15 is 0 Å². The van der Waals surface area contributed by atoms with Crippen LogP contribution in [0.15, 0.2) is 24.3 Å². The van der Waals surface area contributed by atoms with Crippen LogP contribution in [0.3, 0.4) is 0 Å². The van der Waals surface area contributed by atoms with Crippen molar-refractivity contribution in [2.24, 2.45) is 0 Å². The largest absolute Gasteiger partial charge is 0.382 e. The van der Waals surface area contributed by atoms with Gasteiger partial charge in [0.1, 0.15) is 5.82 Å². The Bertz CT molecular complexity index is 600. The van der Waals surface area contributed by atoms with Crippen LogP contribution in [-0.4, -0.2) is 49.5 Å². The van der Waals surface area contributed by atoms with Crippen LogP contribution in [0.5, 0.6) is 0 Å². The predicted octanol–water partition coefficient (Wildman–Crippen LogP) is 2.92. The average molecular weight is 342 g/mol. The Kier molecular flexibility index (Phi) is 5.68. The zero-order valence-electron chi connectivity index (χ0n) is 14.2. The zero-order valence-corrected chi connectivity index (χ0v) is 15.0. The molecular weight excluding hydrogens is 315 g/mol. The molecule has 1 N–H and O–H groups in total. The minimum absolute atomic E-state index is 0.215.